The predicted octanol–water partition coefficient (Wildman–Crippen LogP) is 0.403. The molecule has 1 aliphatic heterocycles. The van der Waals surface area contributed by atoms with E-state index in [2.05, 4.69) is 0 Å². The van der Waals surface area contributed by atoms with E-state index in [1.807, 2.05) is 0 Å². The average molecular weight is 260 g/mol. The highest BCUT2D eigenvalue weighted by Crippen LogP contribution is 2.23. The zero-order valence-corrected chi connectivity index (χ0v) is 9.86. The van der Waals surface area contributed by atoms with Crippen LogP contribution in [0.2, 0.25) is 0 Å². The summed E-state index contributed by atoms with van der Waals surface area (Å²) >= 11 is 0. The zero-order valence-electron chi connectivity index (χ0n) is 9.04. The molecule has 2 N–H and O–H groups in total. The first-order chi connectivity index (χ1) is 7.97. The maximum absolute atomic E-state index is 12.8. The predicted molar refractivity (Wildman–Crippen MR) is 59.8 cm³/mol. The summed E-state index contributed by atoms with van der Waals surface area (Å²) in [5.41, 5.74) is 0.736. The van der Waals surface area contributed by atoms with Crippen molar-refractivity contribution in [1.29, 1.82) is 0 Å². The van der Waals surface area contributed by atoms with E-state index >= 15 is 0 Å². The van der Waals surface area contributed by atoms with Crippen LogP contribution in [0, 0.1) is 5.82 Å². The Balaban J connectivity index is 2.15. The molecule has 0 bridgehead atoms. The molecule has 1 heterocycles. The maximum atomic E-state index is 12.8. The number of hydrogen-bond acceptors (Lipinski definition) is 3. The number of nitrogens with two attached hydrogens (primary N) is 1. The van der Waals surface area contributed by atoms with Crippen LogP contribution in [0.25, 0.3) is 0 Å². The lowest BCUT2D eigenvalue weighted by Gasteiger charge is -2.31. The Morgan fingerprint density at radius 1 is 1.35 bits per heavy atom. The minimum absolute atomic E-state index is 0.157. The van der Waals surface area contributed by atoms with E-state index in [9.17, 15) is 12.8 Å². The SMILES string of the molecule is NS(=O)(=O)N1CCO[C@@H](c2ccc(F)cc2)C1. The van der Waals surface area contributed by atoms with Crippen LogP contribution in [0.4, 0.5) is 4.39 Å². The molecule has 5 nitrogen and oxygen atoms in total. The highest BCUT2D eigenvalue weighted by atomic mass is 32.2. The van der Waals surface area contributed by atoms with Crippen molar-refractivity contribution >= 4 is 10.2 Å². The molecule has 0 saturated carbocycles. The summed E-state index contributed by atoms with van der Waals surface area (Å²) in [5, 5.41) is 5.06. The van der Waals surface area contributed by atoms with Crippen LogP contribution < -0.4 is 5.14 Å². The summed E-state index contributed by atoms with van der Waals surface area (Å²) in [6.45, 7) is 0.680. The van der Waals surface area contributed by atoms with E-state index in [0.717, 1.165) is 9.87 Å². The van der Waals surface area contributed by atoms with Gasteiger partial charge < -0.3 is 4.74 Å². The van der Waals surface area contributed by atoms with Gasteiger partial charge in [-0.1, -0.05) is 12.1 Å². The summed E-state index contributed by atoms with van der Waals surface area (Å²) in [6.07, 6.45) is -0.400. The third kappa shape index (κ3) is 3.01. The van der Waals surface area contributed by atoms with Gasteiger partial charge in [0.25, 0.3) is 10.2 Å². The first-order valence-electron chi connectivity index (χ1n) is 5.12. The molecule has 0 amide bonds. The van der Waals surface area contributed by atoms with E-state index < -0.39 is 16.3 Å². The smallest absolute Gasteiger partial charge is 0.277 e. The van der Waals surface area contributed by atoms with Crippen molar-refractivity contribution in [1.82, 2.24) is 4.31 Å². The normalized spacial score (nSPS) is 22.6. The first-order valence-corrected chi connectivity index (χ1v) is 6.62. The summed E-state index contributed by atoms with van der Waals surface area (Å²) in [4.78, 5) is 0. The minimum Gasteiger partial charge on any atom is -0.371 e. The quantitative estimate of drug-likeness (QED) is 0.836. The van der Waals surface area contributed by atoms with E-state index in [1.54, 1.807) is 12.1 Å². The molecule has 1 aromatic carbocycles. The molecule has 2 rings (SSSR count). The number of morpholine rings is 1. The largest absolute Gasteiger partial charge is 0.371 e. The second-order valence-electron chi connectivity index (χ2n) is 3.81. The Hall–Kier alpha value is -1.02. The number of ether oxygens (including phenoxy) is 1. The Morgan fingerprint density at radius 2 is 2.00 bits per heavy atom. The molecule has 94 valence electrons. The van der Waals surface area contributed by atoms with Gasteiger partial charge in [0, 0.05) is 13.1 Å². The zero-order chi connectivity index (χ0) is 12.5. The van der Waals surface area contributed by atoms with E-state index in [1.165, 1.54) is 12.1 Å². The fraction of sp³-hybridized carbons (Fsp3) is 0.400. The van der Waals surface area contributed by atoms with Crippen molar-refractivity contribution in [3.8, 4) is 0 Å². The Labute approximate surface area is 99.2 Å². The Morgan fingerprint density at radius 3 is 2.59 bits per heavy atom. The van der Waals surface area contributed by atoms with Gasteiger partial charge in [0.15, 0.2) is 0 Å². The summed E-state index contributed by atoms with van der Waals surface area (Å²) in [7, 11) is -3.70. The molecule has 1 atom stereocenters. The summed E-state index contributed by atoms with van der Waals surface area (Å²) in [5.74, 6) is -0.340. The second-order valence-corrected chi connectivity index (χ2v) is 5.36. The van der Waals surface area contributed by atoms with Crippen molar-refractivity contribution in [3.05, 3.63) is 35.6 Å². The molecular weight excluding hydrogens is 247 g/mol. The van der Waals surface area contributed by atoms with E-state index in [-0.39, 0.29) is 25.5 Å². The first kappa shape index (κ1) is 12.4. The number of benzene rings is 1. The molecular formula is C10H13FN2O3S. The molecule has 0 radical (unpaired) electrons. The van der Waals surface area contributed by atoms with Gasteiger partial charge in [-0.3, -0.25) is 0 Å². The third-order valence-corrected chi connectivity index (χ3v) is 3.68. The molecule has 1 aromatic rings. The lowest BCUT2D eigenvalue weighted by Crippen LogP contribution is -2.45. The van der Waals surface area contributed by atoms with Crippen molar-refractivity contribution in [2.24, 2.45) is 5.14 Å². The van der Waals surface area contributed by atoms with Crippen LogP contribution in [-0.4, -0.2) is 32.4 Å². The molecule has 7 heteroatoms. The minimum atomic E-state index is -3.70. The van der Waals surface area contributed by atoms with Crippen LogP contribution >= 0.6 is 0 Å². The number of nitrogens with zero attached hydrogens (tertiary/aromatic N) is 1. The molecule has 1 fully saturated rings. The maximum Gasteiger partial charge on any atom is 0.277 e. The lowest BCUT2D eigenvalue weighted by molar-refractivity contribution is -0.00258. The van der Waals surface area contributed by atoms with Gasteiger partial charge in [-0.25, -0.2) is 9.53 Å². The van der Waals surface area contributed by atoms with Crippen LogP contribution in [0.1, 0.15) is 11.7 Å². The number of halogens is 1. The van der Waals surface area contributed by atoms with E-state index in [0.29, 0.717) is 0 Å². The fourth-order valence-electron chi connectivity index (χ4n) is 1.74. The van der Waals surface area contributed by atoms with Crippen molar-refractivity contribution in [2.75, 3.05) is 19.7 Å². The third-order valence-electron chi connectivity index (χ3n) is 2.63. The van der Waals surface area contributed by atoms with E-state index in [4.69, 9.17) is 9.88 Å². The Bertz CT molecular complexity index is 489. The molecule has 1 saturated heterocycles. The standard InChI is InChI=1S/C10H13FN2O3S/c11-9-3-1-8(2-4-9)10-7-13(5-6-16-10)17(12,14)15/h1-4,10H,5-7H2,(H2,12,14,15)/t10-/m1/s1. The van der Waals surface area contributed by atoms with Crippen molar-refractivity contribution in [3.63, 3.8) is 0 Å². The van der Waals surface area contributed by atoms with Gasteiger partial charge in [0.1, 0.15) is 5.82 Å². The van der Waals surface area contributed by atoms with Crippen LogP contribution in [-0.2, 0) is 14.9 Å². The monoisotopic (exact) mass is 260 g/mol. The lowest BCUT2D eigenvalue weighted by atomic mass is 10.1. The van der Waals surface area contributed by atoms with Crippen molar-refractivity contribution < 1.29 is 17.5 Å². The highest BCUT2D eigenvalue weighted by Gasteiger charge is 2.27. The average Bonchev–Trinajstić information content (AvgIpc) is 2.29. The van der Waals surface area contributed by atoms with Gasteiger partial charge >= 0.3 is 0 Å². The molecule has 1 aliphatic rings. The van der Waals surface area contributed by atoms with Crippen LogP contribution in [0.15, 0.2) is 24.3 Å². The van der Waals surface area contributed by atoms with Gasteiger partial charge in [-0.05, 0) is 17.7 Å². The van der Waals surface area contributed by atoms with Gasteiger partial charge in [-0.15, -0.1) is 0 Å². The topological polar surface area (TPSA) is 72.6 Å². The summed E-state index contributed by atoms with van der Waals surface area (Å²) < 4.78 is 41.8. The van der Waals surface area contributed by atoms with Gasteiger partial charge in [0.05, 0.1) is 12.7 Å². The Kier molecular flexibility index (Phi) is 3.43. The number of hydrogen-bond donors (Lipinski definition) is 1. The molecule has 0 aliphatic carbocycles. The highest BCUT2D eigenvalue weighted by molar-refractivity contribution is 7.86. The summed E-state index contributed by atoms with van der Waals surface area (Å²) in [6, 6.07) is 5.78. The van der Waals surface area contributed by atoms with Gasteiger partial charge in [-0.2, -0.15) is 12.7 Å². The number of rotatable bonds is 2. The van der Waals surface area contributed by atoms with Crippen LogP contribution in [0.5, 0.6) is 0 Å². The van der Waals surface area contributed by atoms with Gasteiger partial charge in [0.2, 0.25) is 0 Å². The molecule has 0 aromatic heterocycles. The van der Waals surface area contributed by atoms with Crippen molar-refractivity contribution in [2.45, 2.75) is 6.10 Å². The fourth-order valence-corrected chi connectivity index (χ4v) is 2.41. The van der Waals surface area contributed by atoms with Crippen LogP contribution in [0.3, 0.4) is 0 Å². The molecule has 17 heavy (non-hydrogen) atoms. The molecule has 0 spiro atoms. The second kappa shape index (κ2) is 4.69. The molecule has 0 unspecified atom stereocenters.